The maximum atomic E-state index is 14.6. The highest BCUT2D eigenvalue weighted by atomic mass is 28.4. The Morgan fingerprint density at radius 1 is 1.20 bits per heavy atom. The van der Waals surface area contributed by atoms with Crippen molar-refractivity contribution in [3.8, 4) is 5.75 Å². The van der Waals surface area contributed by atoms with Crippen molar-refractivity contribution in [2.24, 2.45) is 5.92 Å². The molecule has 12 heteroatoms. The Balaban J connectivity index is 1.64. The van der Waals surface area contributed by atoms with Gasteiger partial charge < -0.3 is 19.2 Å². The largest absolute Gasteiger partial charge is 0.493 e. The van der Waals surface area contributed by atoms with Gasteiger partial charge in [0.25, 0.3) is 5.91 Å². The van der Waals surface area contributed by atoms with Crippen molar-refractivity contribution in [1.82, 2.24) is 4.98 Å². The highest BCUT2D eigenvalue weighted by molar-refractivity contribution is 6.74. The van der Waals surface area contributed by atoms with Crippen molar-refractivity contribution in [2.75, 3.05) is 12.4 Å². The number of nitrogens with zero attached hydrogens (tertiary/aromatic N) is 1. The molecule has 6 nitrogen and oxygen atoms in total. The van der Waals surface area contributed by atoms with Gasteiger partial charge in [0.2, 0.25) is 5.82 Å². The van der Waals surface area contributed by atoms with Crippen molar-refractivity contribution >= 4 is 19.9 Å². The van der Waals surface area contributed by atoms with Gasteiger partial charge in [-0.3, -0.25) is 9.78 Å². The van der Waals surface area contributed by atoms with Gasteiger partial charge in [-0.05, 0) is 55.6 Å². The van der Waals surface area contributed by atoms with Crippen LogP contribution in [0.25, 0.3) is 0 Å². The van der Waals surface area contributed by atoms with Gasteiger partial charge in [0, 0.05) is 17.4 Å². The minimum absolute atomic E-state index is 0.0136. The molecule has 226 valence electrons. The SMILES string of the molecule is COc1c([C@H]2[C@H](C(=O)Nc3cnc4c(c3)CCC4O[Si](C)(C)C(C)(C)C)O[C@@](C)(C(F)(F)F)[C@H]2C)ccc(F)c1F. The molecular formula is C29H37F5N2O4Si. The van der Waals surface area contributed by atoms with Gasteiger partial charge in [0.1, 0.15) is 6.10 Å². The molecule has 0 bridgehead atoms. The fraction of sp³-hybridized carbons (Fsp3) is 0.586. The van der Waals surface area contributed by atoms with E-state index in [4.69, 9.17) is 13.9 Å². The maximum Gasteiger partial charge on any atom is 0.417 e. The topological polar surface area (TPSA) is 69.7 Å². The third kappa shape index (κ3) is 5.50. The number of alkyl halides is 3. The molecule has 0 spiro atoms. The molecule has 2 aromatic rings. The van der Waals surface area contributed by atoms with Crippen molar-refractivity contribution in [1.29, 1.82) is 0 Å². The van der Waals surface area contributed by atoms with E-state index in [2.05, 4.69) is 44.2 Å². The second kappa shape index (κ2) is 10.6. The van der Waals surface area contributed by atoms with E-state index in [9.17, 15) is 26.7 Å². The molecule has 1 aliphatic carbocycles. The van der Waals surface area contributed by atoms with Crippen LogP contribution in [0.2, 0.25) is 18.1 Å². The Kier molecular flexibility index (Phi) is 8.11. The predicted octanol–water partition coefficient (Wildman–Crippen LogP) is 7.46. The zero-order chi connectivity index (χ0) is 30.7. The summed E-state index contributed by atoms with van der Waals surface area (Å²) in [7, 11) is -0.984. The number of methoxy groups -OCH3 is 1. The number of ether oxygens (including phenoxy) is 2. The van der Waals surface area contributed by atoms with E-state index in [0.29, 0.717) is 6.42 Å². The third-order valence-electron chi connectivity index (χ3n) is 9.06. The van der Waals surface area contributed by atoms with Crippen LogP contribution in [0.15, 0.2) is 24.4 Å². The standard InChI is InChI=1S/C29H37F5N2O4Si/c1-15-21(18-10-11-19(30)22(31)24(18)38-6)25(39-28(15,5)29(32,33)34)26(37)36-17-13-16-9-12-20(23(16)35-14-17)40-41(7,8)27(2,3)4/h10-11,13-15,20-21,25H,9,12H2,1-8H3,(H,36,37)/t15-,20?,21-,25+,28+/m0/s1. The zero-order valence-electron chi connectivity index (χ0n) is 24.5. The molecule has 1 aliphatic heterocycles. The van der Waals surface area contributed by atoms with E-state index in [1.54, 1.807) is 6.07 Å². The van der Waals surface area contributed by atoms with Crippen molar-refractivity contribution in [3.05, 3.63) is 52.9 Å². The Morgan fingerprint density at radius 3 is 2.44 bits per heavy atom. The molecule has 2 heterocycles. The first-order valence-corrected chi connectivity index (χ1v) is 16.5. The number of nitrogens with one attached hydrogen (secondary N) is 1. The number of carbonyl (C=O) groups is 1. The highest BCUT2D eigenvalue weighted by Gasteiger charge is 2.66. The van der Waals surface area contributed by atoms with E-state index in [1.807, 2.05) is 0 Å². The van der Waals surface area contributed by atoms with Crippen LogP contribution >= 0.6 is 0 Å². The fourth-order valence-corrected chi connectivity index (χ4v) is 6.70. The summed E-state index contributed by atoms with van der Waals surface area (Å²) in [6.45, 7) is 12.9. The summed E-state index contributed by atoms with van der Waals surface area (Å²) in [6.07, 6.45) is -3.86. The number of anilines is 1. The summed E-state index contributed by atoms with van der Waals surface area (Å²) >= 11 is 0. The third-order valence-corrected chi connectivity index (χ3v) is 13.5. The zero-order valence-corrected chi connectivity index (χ0v) is 25.5. The number of halogens is 5. The number of pyridine rings is 1. The summed E-state index contributed by atoms with van der Waals surface area (Å²) in [5.41, 5.74) is -0.877. The lowest BCUT2D eigenvalue weighted by Crippen LogP contribution is -2.47. The molecule has 0 saturated carbocycles. The van der Waals surface area contributed by atoms with E-state index in [0.717, 1.165) is 43.8 Å². The van der Waals surface area contributed by atoms with E-state index < -0.39 is 61.3 Å². The van der Waals surface area contributed by atoms with Gasteiger partial charge in [-0.2, -0.15) is 17.6 Å². The van der Waals surface area contributed by atoms with E-state index in [-0.39, 0.29) is 22.4 Å². The van der Waals surface area contributed by atoms with Gasteiger partial charge in [-0.25, -0.2) is 4.39 Å². The van der Waals surface area contributed by atoms with Crippen LogP contribution in [0, 0.1) is 17.6 Å². The Bertz CT molecular complexity index is 1330. The van der Waals surface area contributed by atoms with Crippen LogP contribution in [0.4, 0.5) is 27.6 Å². The monoisotopic (exact) mass is 600 g/mol. The molecule has 1 aromatic carbocycles. The summed E-state index contributed by atoms with van der Waals surface area (Å²) in [5.74, 6) is -6.65. The molecule has 5 atom stereocenters. The number of amides is 1. The molecule has 41 heavy (non-hydrogen) atoms. The van der Waals surface area contributed by atoms with Crippen LogP contribution in [-0.2, 0) is 20.4 Å². The molecular weight excluding hydrogens is 563 g/mol. The quantitative estimate of drug-likeness (QED) is 0.276. The van der Waals surface area contributed by atoms with Crippen molar-refractivity contribution in [2.45, 2.75) is 95.5 Å². The minimum atomic E-state index is -4.85. The molecule has 4 rings (SSSR count). The first-order chi connectivity index (χ1) is 18.8. The maximum absolute atomic E-state index is 14.6. The van der Waals surface area contributed by atoms with Crippen LogP contribution in [0.1, 0.15) is 69.9 Å². The number of hydrogen-bond acceptors (Lipinski definition) is 5. The second-order valence-electron chi connectivity index (χ2n) is 12.6. The molecule has 1 amide bonds. The molecule has 1 N–H and O–H groups in total. The molecule has 1 aromatic heterocycles. The average Bonchev–Trinajstić information content (AvgIpc) is 3.37. The molecule has 2 aliphatic rings. The Labute approximate surface area is 238 Å². The first kappa shape index (κ1) is 31.4. The summed E-state index contributed by atoms with van der Waals surface area (Å²) in [5, 5.41) is 2.65. The molecule has 1 fully saturated rings. The van der Waals surface area contributed by atoms with E-state index in [1.165, 1.54) is 13.1 Å². The number of benzene rings is 1. The molecule has 1 saturated heterocycles. The Morgan fingerprint density at radius 2 is 1.85 bits per heavy atom. The second-order valence-corrected chi connectivity index (χ2v) is 17.4. The Hall–Kier alpha value is -2.57. The summed E-state index contributed by atoms with van der Waals surface area (Å²) in [6, 6.07) is 3.66. The van der Waals surface area contributed by atoms with Crippen LogP contribution in [0.3, 0.4) is 0 Å². The smallest absolute Gasteiger partial charge is 0.417 e. The van der Waals surface area contributed by atoms with Crippen LogP contribution in [0.5, 0.6) is 5.75 Å². The molecule has 0 radical (unpaired) electrons. The van der Waals surface area contributed by atoms with Gasteiger partial charge in [-0.1, -0.05) is 33.8 Å². The van der Waals surface area contributed by atoms with Crippen LogP contribution in [-0.4, -0.2) is 44.2 Å². The van der Waals surface area contributed by atoms with Crippen molar-refractivity contribution < 1.29 is 40.6 Å². The predicted molar refractivity (Wildman–Crippen MR) is 146 cm³/mol. The average molecular weight is 601 g/mol. The number of fused-ring (bicyclic) bond motifs is 1. The lowest BCUT2D eigenvalue weighted by atomic mass is 9.77. The first-order valence-electron chi connectivity index (χ1n) is 13.6. The van der Waals surface area contributed by atoms with Crippen molar-refractivity contribution in [3.63, 3.8) is 0 Å². The van der Waals surface area contributed by atoms with Gasteiger partial charge in [-0.15, -0.1) is 0 Å². The number of rotatable bonds is 6. The number of aromatic nitrogens is 1. The lowest BCUT2D eigenvalue weighted by Gasteiger charge is -2.38. The van der Waals surface area contributed by atoms with Gasteiger partial charge in [0.05, 0.1) is 30.8 Å². The lowest BCUT2D eigenvalue weighted by molar-refractivity contribution is -0.272. The highest BCUT2D eigenvalue weighted by Crippen LogP contribution is 2.55. The van der Waals surface area contributed by atoms with E-state index >= 15 is 0 Å². The number of aryl methyl sites for hydroxylation is 1. The minimum Gasteiger partial charge on any atom is -0.493 e. The normalized spacial score (nSPS) is 26.7. The molecule has 1 unspecified atom stereocenters. The summed E-state index contributed by atoms with van der Waals surface area (Å²) < 4.78 is 88.2. The fourth-order valence-electron chi connectivity index (χ4n) is 5.40. The van der Waals surface area contributed by atoms with Gasteiger partial charge in [0.15, 0.2) is 25.5 Å². The number of carbonyl (C=O) groups excluding carboxylic acids is 1. The number of hydrogen-bond donors (Lipinski definition) is 1. The summed E-state index contributed by atoms with van der Waals surface area (Å²) in [4.78, 5) is 18.1. The van der Waals surface area contributed by atoms with Gasteiger partial charge >= 0.3 is 6.18 Å². The van der Waals surface area contributed by atoms with Crippen LogP contribution < -0.4 is 10.1 Å².